The SMILES string of the molecule is CN[C@@H](Cc1ccccc1)C(=O)N[C@@H](CO)C(=O)OC. The maximum absolute atomic E-state index is 12.1. The van der Waals surface area contributed by atoms with E-state index in [0.717, 1.165) is 5.56 Å². The van der Waals surface area contributed by atoms with Gasteiger partial charge in [-0.05, 0) is 19.0 Å². The number of rotatable bonds is 7. The Balaban J connectivity index is 2.65. The zero-order chi connectivity index (χ0) is 15.0. The first kappa shape index (κ1) is 16.1. The van der Waals surface area contributed by atoms with Gasteiger partial charge in [0.05, 0.1) is 19.8 Å². The summed E-state index contributed by atoms with van der Waals surface area (Å²) < 4.78 is 4.50. The van der Waals surface area contributed by atoms with Gasteiger partial charge in [0.1, 0.15) is 0 Å². The molecule has 0 aliphatic rings. The number of ether oxygens (including phenoxy) is 1. The van der Waals surface area contributed by atoms with Crippen molar-refractivity contribution in [3.63, 3.8) is 0 Å². The number of esters is 1. The summed E-state index contributed by atoms with van der Waals surface area (Å²) in [7, 11) is 2.87. The van der Waals surface area contributed by atoms with Crippen LogP contribution in [0, 0.1) is 0 Å². The lowest BCUT2D eigenvalue weighted by molar-refractivity contribution is -0.146. The predicted octanol–water partition coefficient (Wildman–Crippen LogP) is -0.533. The van der Waals surface area contributed by atoms with Gasteiger partial charge < -0.3 is 20.5 Å². The molecule has 1 amide bonds. The molecule has 0 saturated heterocycles. The van der Waals surface area contributed by atoms with E-state index in [2.05, 4.69) is 15.4 Å². The molecule has 1 rings (SSSR count). The van der Waals surface area contributed by atoms with E-state index in [1.165, 1.54) is 7.11 Å². The van der Waals surface area contributed by atoms with Gasteiger partial charge in [-0.1, -0.05) is 30.3 Å². The fraction of sp³-hybridized carbons (Fsp3) is 0.429. The third kappa shape index (κ3) is 4.64. The van der Waals surface area contributed by atoms with E-state index in [1.54, 1.807) is 7.05 Å². The molecule has 6 heteroatoms. The second-order valence-electron chi connectivity index (χ2n) is 4.30. The summed E-state index contributed by atoms with van der Waals surface area (Å²) in [6.07, 6.45) is 0.489. The van der Waals surface area contributed by atoms with Gasteiger partial charge in [0.2, 0.25) is 5.91 Å². The summed E-state index contributed by atoms with van der Waals surface area (Å²) in [5.74, 6) is -1.03. The van der Waals surface area contributed by atoms with Crippen molar-refractivity contribution in [3.8, 4) is 0 Å². The van der Waals surface area contributed by atoms with Crippen LogP contribution >= 0.6 is 0 Å². The van der Waals surface area contributed by atoms with Crippen LogP contribution < -0.4 is 10.6 Å². The van der Waals surface area contributed by atoms with E-state index in [1.807, 2.05) is 30.3 Å². The largest absolute Gasteiger partial charge is 0.467 e. The molecule has 20 heavy (non-hydrogen) atoms. The molecule has 0 spiro atoms. The summed E-state index contributed by atoms with van der Waals surface area (Å²) in [4.78, 5) is 23.4. The monoisotopic (exact) mass is 280 g/mol. The fourth-order valence-corrected chi connectivity index (χ4v) is 1.77. The Hall–Kier alpha value is -1.92. The Labute approximate surface area is 118 Å². The Bertz CT molecular complexity index is 436. The highest BCUT2D eigenvalue weighted by atomic mass is 16.5. The highest BCUT2D eigenvalue weighted by molar-refractivity contribution is 5.87. The van der Waals surface area contributed by atoms with Gasteiger partial charge >= 0.3 is 5.97 Å². The number of hydrogen-bond acceptors (Lipinski definition) is 5. The van der Waals surface area contributed by atoms with Crippen molar-refractivity contribution in [1.29, 1.82) is 0 Å². The quantitative estimate of drug-likeness (QED) is 0.584. The normalized spacial score (nSPS) is 13.3. The Morgan fingerprint density at radius 1 is 1.25 bits per heavy atom. The smallest absolute Gasteiger partial charge is 0.330 e. The van der Waals surface area contributed by atoms with Crippen LogP contribution in [0.2, 0.25) is 0 Å². The number of methoxy groups -OCH3 is 1. The molecule has 1 aromatic carbocycles. The van der Waals surface area contributed by atoms with Gasteiger partial charge in [-0.2, -0.15) is 0 Å². The Morgan fingerprint density at radius 3 is 2.40 bits per heavy atom. The van der Waals surface area contributed by atoms with Crippen LogP contribution in [0.1, 0.15) is 5.56 Å². The molecule has 0 aliphatic carbocycles. The first-order valence-corrected chi connectivity index (χ1v) is 6.32. The molecule has 0 saturated carbocycles. The van der Waals surface area contributed by atoms with Crippen LogP contribution in [0.25, 0.3) is 0 Å². The minimum atomic E-state index is -1.04. The molecule has 0 radical (unpaired) electrons. The highest BCUT2D eigenvalue weighted by Gasteiger charge is 2.24. The fourth-order valence-electron chi connectivity index (χ4n) is 1.77. The van der Waals surface area contributed by atoms with Crippen LogP contribution in [0.3, 0.4) is 0 Å². The second-order valence-corrected chi connectivity index (χ2v) is 4.30. The van der Waals surface area contributed by atoms with E-state index < -0.39 is 24.7 Å². The summed E-state index contributed by atoms with van der Waals surface area (Å²) in [6.45, 7) is -0.500. The van der Waals surface area contributed by atoms with Crippen LogP contribution in [-0.4, -0.2) is 49.8 Å². The van der Waals surface area contributed by atoms with Crippen molar-refractivity contribution in [1.82, 2.24) is 10.6 Å². The molecule has 0 aromatic heterocycles. The third-order valence-electron chi connectivity index (χ3n) is 2.93. The van der Waals surface area contributed by atoms with Crippen LogP contribution in [0.4, 0.5) is 0 Å². The van der Waals surface area contributed by atoms with Gasteiger partial charge in [-0.15, -0.1) is 0 Å². The lowest BCUT2D eigenvalue weighted by atomic mass is 10.1. The van der Waals surface area contributed by atoms with E-state index in [0.29, 0.717) is 6.42 Å². The summed E-state index contributed by atoms with van der Waals surface area (Å²) >= 11 is 0. The van der Waals surface area contributed by atoms with Gasteiger partial charge in [-0.25, -0.2) is 4.79 Å². The number of benzene rings is 1. The third-order valence-corrected chi connectivity index (χ3v) is 2.93. The lowest BCUT2D eigenvalue weighted by Gasteiger charge is -2.19. The van der Waals surface area contributed by atoms with Gasteiger partial charge in [0, 0.05) is 0 Å². The summed E-state index contributed by atoms with van der Waals surface area (Å²) in [5.41, 5.74) is 1.00. The van der Waals surface area contributed by atoms with E-state index in [-0.39, 0.29) is 5.91 Å². The molecule has 0 bridgehead atoms. The predicted molar refractivity (Wildman–Crippen MR) is 74.0 cm³/mol. The number of likely N-dealkylation sites (N-methyl/N-ethyl adjacent to an activating group) is 1. The van der Waals surface area contributed by atoms with Crippen molar-refractivity contribution in [2.24, 2.45) is 0 Å². The first-order valence-electron chi connectivity index (χ1n) is 6.32. The maximum Gasteiger partial charge on any atom is 0.330 e. The van der Waals surface area contributed by atoms with Gasteiger partial charge in [0.15, 0.2) is 6.04 Å². The lowest BCUT2D eigenvalue weighted by Crippen LogP contribution is -2.51. The van der Waals surface area contributed by atoms with E-state index in [4.69, 9.17) is 5.11 Å². The summed E-state index contributed by atoms with van der Waals surface area (Å²) in [6, 6.07) is 7.99. The minimum Gasteiger partial charge on any atom is -0.467 e. The van der Waals surface area contributed by atoms with E-state index in [9.17, 15) is 9.59 Å². The van der Waals surface area contributed by atoms with Crippen LogP contribution in [0.15, 0.2) is 30.3 Å². The van der Waals surface area contributed by atoms with Gasteiger partial charge in [-0.3, -0.25) is 4.79 Å². The van der Waals surface area contributed by atoms with Crippen molar-refractivity contribution in [3.05, 3.63) is 35.9 Å². The number of amides is 1. The number of hydrogen-bond donors (Lipinski definition) is 3. The number of aliphatic hydroxyl groups excluding tert-OH is 1. The minimum absolute atomic E-state index is 0.360. The average molecular weight is 280 g/mol. The van der Waals surface area contributed by atoms with Gasteiger partial charge in [0.25, 0.3) is 0 Å². The first-order chi connectivity index (χ1) is 9.62. The Kier molecular flexibility index (Phi) is 6.69. The number of carbonyl (C=O) groups is 2. The molecule has 6 nitrogen and oxygen atoms in total. The van der Waals surface area contributed by atoms with Crippen molar-refractivity contribution < 1.29 is 19.4 Å². The number of carbonyl (C=O) groups excluding carboxylic acids is 2. The van der Waals surface area contributed by atoms with Crippen molar-refractivity contribution in [2.75, 3.05) is 20.8 Å². The zero-order valence-corrected chi connectivity index (χ0v) is 11.6. The topological polar surface area (TPSA) is 87.7 Å². The van der Waals surface area contributed by atoms with Crippen LogP contribution in [0.5, 0.6) is 0 Å². The number of aliphatic hydroxyl groups is 1. The van der Waals surface area contributed by atoms with E-state index >= 15 is 0 Å². The molecule has 0 unspecified atom stereocenters. The highest BCUT2D eigenvalue weighted by Crippen LogP contribution is 2.03. The molecule has 1 aromatic rings. The van der Waals surface area contributed by atoms with Crippen LogP contribution in [-0.2, 0) is 20.7 Å². The maximum atomic E-state index is 12.1. The average Bonchev–Trinajstić information content (AvgIpc) is 2.50. The Morgan fingerprint density at radius 2 is 1.90 bits per heavy atom. The molecular formula is C14H20N2O4. The molecule has 0 fully saturated rings. The molecular weight excluding hydrogens is 260 g/mol. The molecule has 3 N–H and O–H groups in total. The second kappa shape index (κ2) is 8.29. The standard InChI is InChI=1S/C14H20N2O4/c1-15-11(8-10-6-4-3-5-7-10)13(18)16-12(9-17)14(19)20-2/h3-7,11-12,15,17H,8-9H2,1-2H3,(H,16,18)/t11-,12-/m0/s1. The molecule has 2 atom stereocenters. The molecule has 0 aliphatic heterocycles. The summed E-state index contributed by atoms with van der Waals surface area (Å²) in [5, 5.41) is 14.4. The number of nitrogens with one attached hydrogen (secondary N) is 2. The van der Waals surface area contributed by atoms with Crippen molar-refractivity contribution in [2.45, 2.75) is 18.5 Å². The zero-order valence-electron chi connectivity index (χ0n) is 11.6. The van der Waals surface area contributed by atoms with Crippen molar-refractivity contribution >= 4 is 11.9 Å². The molecule has 0 heterocycles. The molecule has 110 valence electrons.